The van der Waals surface area contributed by atoms with E-state index in [0.717, 1.165) is 46.4 Å². The molecule has 1 saturated heterocycles. The Morgan fingerprint density at radius 1 is 1.16 bits per heavy atom. The van der Waals surface area contributed by atoms with Crippen LogP contribution in [0.5, 0.6) is 0 Å². The van der Waals surface area contributed by atoms with Crippen molar-refractivity contribution in [2.75, 3.05) is 29.4 Å². The van der Waals surface area contributed by atoms with Crippen LogP contribution in [-0.4, -0.2) is 50.4 Å². The number of aryl methyl sites for hydroxylation is 1. The van der Waals surface area contributed by atoms with Crippen LogP contribution >= 0.6 is 11.3 Å². The van der Waals surface area contributed by atoms with E-state index in [9.17, 15) is 13.2 Å². The summed E-state index contributed by atoms with van der Waals surface area (Å²) in [7, 11) is 0. The number of thiophene rings is 1. The molecule has 0 saturated carbocycles. The van der Waals surface area contributed by atoms with Crippen molar-refractivity contribution in [2.45, 2.75) is 51.5 Å². The standard InChI is InChI=1S/C19H23F3N8S/c1-2-3-12-8-13-15(24-18(25-16(13)31-12)29-5-4-11(23)9-29)28-6-7-30-14(10-28)26-27-17(30)19(20,21)22/h8,11H,2-7,9-10,23H2,1H3. The van der Waals surface area contributed by atoms with E-state index in [0.29, 0.717) is 24.9 Å². The van der Waals surface area contributed by atoms with Crippen LogP contribution in [0.4, 0.5) is 24.9 Å². The summed E-state index contributed by atoms with van der Waals surface area (Å²) in [6, 6.07) is 2.20. The highest BCUT2D eigenvalue weighted by Crippen LogP contribution is 2.36. The molecule has 1 fully saturated rings. The monoisotopic (exact) mass is 452 g/mol. The molecule has 0 amide bonds. The Bertz CT molecular complexity index is 1110. The van der Waals surface area contributed by atoms with Gasteiger partial charge in [-0.3, -0.25) is 0 Å². The molecule has 12 heteroatoms. The maximum atomic E-state index is 13.2. The highest BCUT2D eigenvalue weighted by Gasteiger charge is 2.40. The van der Waals surface area contributed by atoms with E-state index >= 15 is 0 Å². The second kappa shape index (κ2) is 7.59. The van der Waals surface area contributed by atoms with Gasteiger partial charge in [0.05, 0.1) is 11.9 Å². The van der Waals surface area contributed by atoms with Crippen molar-refractivity contribution < 1.29 is 13.2 Å². The Morgan fingerprint density at radius 2 is 2.00 bits per heavy atom. The van der Waals surface area contributed by atoms with Crippen LogP contribution in [0.15, 0.2) is 6.07 Å². The average Bonchev–Trinajstić information content (AvgIpc) is 3.43. The predicted molar refractivity (Wildman–Crippen MR) is 112 cm³/mol. The third kappa shape index (κ3) is 3.71. The van der Waals surface area contributed by atoms with Crippen molar-refractivity contribution in [2.24, 2.45) is 5.73 Å². The van der Waals surface area contributed by atoms with Crippen molar-refractivity contribution in [1.29, 1.82) is 0 Å². The largest absolute Gasteiger partial charge is 0.451 e. The van der Waals surface area contributed by atoms with Crippen LogP contribution in [0.2, 0.25) is 0 Å². The average molecular weight is 453 g/mol. The van der Waals surface area contributed by atoms with E-state index in [-0.39, 0.29) is 19.1 Å². The highest BCUT2D eigenvalue weighted by molar-refractivity contribution is 7.18. The molecule has 5 rings (SSSR count). The van der Waals surface area contributed by atoms with Crippen molar-refractivity contribution in [3.05, 3.63) is 22.6 Å². The van der Waals surface area contributed by atoms with Gasteiger partial charge in [0, 0.05) is 37.1 Å². The summed E-state index contributed by atoms with van der Waals surface area (Å²) in [5.74, 6) is 0.715. The Hall–Kier alpha value is -2.47. The van der Waals surface area contributed by atoms with Gasteiger partial charge in [-0.05, 0) is 18.9 Å². The van der Waals surface area contributed by atoms with E-state index in [1.807, 2.05) is 4.90 Å². The maximum absolute atomic E-state index is 13.2. The summed E-state index contributed by atoms with van der Waals surface area (Å²) in [4.78, 5) is 15.8. The van der Waals surface area contributed by atoms with Gasteiger partial charge in [0.1, 0.15) is 10.6 Å². The summed E-state index contributed by atoms with van der Waals surface area (Å²) < 4.78 is 40.8. The number of anilines is 2. The molecule has 2 aliphatic rings. The normalized spacial score (nSPS) is 19.5. The van der Waals surface area contributed by atoms with Gasteiger partial charge in [0.2, 0.25) is 11.8 Å². The Balaban J connectivity index is 1.54. The Morgan fingerprint density at radius 3 is 2.71 bits per heavy atom. The molecule has 2 aliphatic heterocycles. The van der Waals surface area contributed by atoms with Crippen LogP contribution in [0, 0.1) is 0 Å². The molecular weight excluding hydrogens is 429 g/mol. The number of hydrogen-bond acceptors (Lipinski definition) is 8. The first-order valence-electron chi connectivity index (χ1n) is 10.4. The molecule has 0 bridgehead atoms. The zero-order valence-corrected chi connectivity index (χ0v) is 17.9. The number of rotatable bonds is 4. The minimum atomic E-state index is -4.51. The fourth-order valence-corrected chi connectivity index (χ4v) is 5.33. The number of fused-ring (bicyclic) bond motifs is 2. The molecule has 8 nitrogen and oxygen atoms in total. The zero-order chi connectivity index (χ0) is 21.8. The van der Waals surface area contributed by atoms with Gasteiger partial charge in [-0.25, -0.2) is 4.98 Å². The summed E-state index contributed by atoms with van der Waals surface area (Å²) in [5, 5.41) is 8.13. The molecule has 0 aromatic carbocycles. The lowest BCUT2D eigenvalue weighted by molar-refractivity contribution is -0.147. The minimum absolute atomic E-state index is 0.0936. The van der Waals surface area contributed by atoms with Gasteiger partial charge in [-0.15, -0.1) is 21.5 Å². The van der Waals surface area contributed by atoms with E-state index < -0.39 is 12.0 Å². The van der Waals surface area contributed by atoms with Crippen molar-refractivity contribution in [3.63, 3.8) is 0 Å². The number of halogens is 3. The SMILES string of the molecule is CCCc1cc2c(N3CCn4c(nnc4C(F)(F)F)C3)nc(N3CCC(N)C3)nc2s1. The van der Waals surface area contributed by atoms with Gasteiger partial charge >= 0.3 is 6.18 Å². The fraction of sp³-hybridized carbons (Fsp3) is 0.579. The van der Waals surface area contributed by atoms with Crippen molar-refractivity contribution in [3.8, 4) is 0 Å². The maximum Gasteiger partial charge on any atom is 0.451 e. The van der Waals surface area contributed by atoms with Crippen LogP contribution in [0.3, 0.4) is 0 Å². The number of hydrogen-bond donors (Lipinski definition) is 1. The fourth-order valence-electron chi connectivity index (χ4n) is 4.21. The highest BCUT2D eigenvalue weighted by atomic mass is 32.1. The predicted octanol–water partition coefficient (Wildman–Crippen LogP) is 2.81. The lowest BCUT2D eigenvalue weighted by atomic mass is 10.2. The molecule has 3 aromatic rings. The van der Waals surface area contributed by atoms with Gasteiger partial charge in [0.15, 0.2) is 5.82 Å². The molecule has 0 spiro atoms. The molecule has 5 heterocycles. The quantitative estimate of drug-likeness (QED) is 0.651. The molecule has 3 aromatic heterocycles. The van der Waals surface area contributed by atoms with E-state index in [1.54, 1.807) is 11.3 Å². The first-order valence-corrected chi connectivity index (χ1v) is 11.2. The number of alkyl halides is 3. The molecule has 1 unspecified atom stereocenters. The number of nitrogens with two attached hydrogens (primary N) is 1. The van der Waals surface area contributed by atoms with Gasteiger partial charge in [0.25, 0.3) is 0 Å². The van der Waals surface area contributed by atoms with Crippen molar-refractivity contribution in [1.82, 2.24) is 24.7 Å². The zero-order valence-electron chi connectivity index (χ0n) is 17.1. The molecule has 0 radical (unpaired) electrons. The first-order chi connectivity index (χ1) is 14.8. The first kappa shape index (κ1) is 20.4. The Kier molecular flexibility index (Phi) is 5.00. The summed E-state index contributed by atoms with van der Waals surface area (Å²) in [5.41, 5.74) is 6.08. The number of aromatic nitrogens is 5. The smallest absolute Gasteiger partial charge is 0.347 e. The van der Waals surface area contributed by atoms with E-state index in [4.69, 9.17) is 15.7 Å². The van der Waals surface area contributed by atoms with E-state index in [1.165, 1.54) is 4.88 Å². The lowest BCUT2D eigenvalue weighted by Gasteiger charge is -2.30. The second-order valence-corrected chi connectivity index (χ2v) is 9.15. The molecule has 2 N–H and O–H groups in total. The summed E-state index contributed by atoms with van der Waals surface area (Å²) >= 11 is 1.65. The Labute approximate surface area is 180 Å². The third-order valence-corrected chi connectivity index (χ3v) is 6.81. The summed E-state index contributed by atoms with van der Waals surface area (Å²) in [6.45, 7) is 4.37. The lowest BCUT2D eigenvalue weighted by Crippen LogP contribution is -2.36. The van der Waals surface area contributed by atoms with Crippen molar-refractivity contribution >= 4 is 33.3 Å². The molecular formula is C19H23F3N8S. The molecule has 31 heavy (non-hydrogen) atoms. The van der Waals surface area contributed by atoms with Gasteiger partial charge < -0.3 is 20.1 Å². The minimum Gasteiger partial charge on any atom is -0.347 e. The van der Waals surface area contributed by atoms with Gasteiger partial charge in [-0.1, -0.05) is 13.3 Å². The van der Waals surface area contributed by atoms with Crippen LogP contribution in [-0.2, 0) is 25.7 Å². The van der Waals surface area contributed by atoms with Crippen LogP contribution in [0.1, 0.15) is 36.3 Å². The van der Waals surface area contributed by atoms with E-state index in [2.05, 4.69) is 28.1 Å². The van der Waals surface area contributed by atoms with Gasteiger partial charge in [-0.2, -0.15) is 18.2 Å². The topological polar surface area (TPSA) is 89.0 Å². The molecule has 0 aliphatic carbocycles. The third-order valence-electron chi connectivity index (χ3n) is 5.72. The summed E-state index contributed by atoms with van der Waals surface area (Å²) in [6.07, 6.45) is -1.65. The molecule has 166 valence electrons. The van der Waals surface area contributed by atoms with Crippen LogP contribution in [0.25, 0.3) is 10.2 Å². The van der Waals surface area contributed by atoms with Crippen LogP contribution < -0.4 is 15.5 Å². The second-order valence-electron chi connectivity index (χ2n) is 8.03. The molecule has 1 atom stereocenters. The number of nitrogens with zero attached hydrogens (tertiary/aromatic N) is 7.